The van der Waals surface area contributed by atoms with Crippen molar-refractivity contribution in [2.24, 2.45) is 5.92 Å². The van der Waals surface area contributed by atoms with E-state index in [9.17, 15) is 9.00 Å². The lowest BCUT2D eigenvalue weighted by Crippen LogP contribution is -2.38. The van der Waals surface area contributed by atoms with E-state index >= 15 is 0 Å². The van der Waals surface area contributed by atoms with E-state index in [4.69, 9.17) is 4.52 Å². The summed E-state index contributed by atoms with van der Waals surface area (Å²) >= 11 is 0. The molecule has 0 unspecified atom stereocenters. The smallest absolute Gasteiger partial charge is 0.235 e. The van der Waals surface area contributed by atoms with Crippen LogP contribution in [0.1, 0.15) is 56.0 Å². The zero-order valence-electron chi connectivity index (χ0n) is 13.7. The maximum atomic E-state index is 12.4. The van der Waals surface area contributed by atoms with Gasteiger partial charge < -0.3 is 9.84 Å². The van der Waals surface area contributed by atoms with Crippen LogP contribution in [0.15, 0.2) is 4.52 Å². The molecule has 5 nitrogen and oxygen atoms in total. The number of hydrogen-bond acceptors (Lipinski definition) is 4. The number of nitrogens with one attached hydrogen (secondary N) is 1. The average molecular weight is 326 g/mol. The second-order valence-corrected chi connectivity index (χ2v) is 7.98. The molecule has 124 valence electrons. The Morgan fingerprint density at radius 3 is 2.64 bits per heavy atom. The molecule has 1 saturated carbocycles. The summed E-state index contributed by atoms with van der Waals surface area (Å²) in [6.07, 6.45) is 6.21. The summed E-state index contributed by atoms with van der Waals surface area (Å²) in [7, 11) is -1.26. The molecular weight excluding hydrogens is 300 g/mol. The standard InChI is InChI=1S/C16H26N2O3S/c1-11-15(12(2)21-18-11)10-22(20)13(3)16(19)17-9-14-7-5-4-6-8-14/h13-14H,4-10H2,1-3H3,(H,17,19)/t13-,22-/m1/s1. The van der Waals surface area contributed by atoms with Gasteiger partial charge in [0.15, 0.2) is 0 Å². The van der Waals surface area contributed by atoms with Crippen LogP contribution in [0.25, 0.3) is 0 Å². The van der Waals surface area contributed by atoms with E-state index in [1.54, 1.807) is 13.8 Å². The number of aromatic nitrogens is 1. The molecule has 1 aliphatic rings. The maximum absolute atomic E-state index is 12.4. The number of carbonyl (C=O) groups excluding carboxylic acids is 1. The van der Waals surface area contributed by atoms with Crippen molar-refractivity contribution in [2.45, 2.75) is 63.9 Å². The predicted molar refractivity (Wildman–Crippen MR) is 86.9 cm³/mol. The van der Waals surface area contributed by atoms with Crippen molar-refractivity contribution in [2.75, 3.05) is 6.54 Å². The fourth-order valence-corrected chi connectivity index (χ4v) is 4.14. The SMILES string of the molecule is Cc1noc(C)c1C[S@@](=O)[C@H](C)C(=O)NCC1CCCCC1. The molecule has 1 N–H and O–H groups in total. The molecule has 22 heavy (non-hydrogen) atoms. The third kappa shape index (κ3) is 4.41. The van der Waals surface area contributed by atoms with Crippen molar-refractivity contribution >= 4 is 16.7 Å². The van der Waals surface area contributed by atoms with Gasteiger partial charge in [-0.25, -0.2) is 0 Å². The summed E-state index contributed by atoms with van der Waals surface area (Å²) in [4.78, 5) is 12.2. The van der Waals surface area contributed by atoms with E-state index in [0.29, 0.717) is 24.0 Å². The highest BCUT2D eigenvalue weighted by molar-refractivity contribution is 7.85. The van der Waals surface area contributed by atoms with Crippen LogP contribution in [-0.2, 0) is 21.3 Å². The molecule has 1 amide bonds. The van der Waals surface area contributed by atoms with Gasteiger partial charge >= 0.3 is 0 Å². The van der Waals surface area contributed by atoms with Crippen molar-refractivity contribution in [3.63, 3.8) is 0 Å². The number of rotatable bonds is 6. The second-order valence-electron chi connectivity index (χ2n) is 6.22. The van der Waals surface area contributed by atoms with Crippen LogP contribution in [0.5, 0.6) is 0 Å². The van der Waals surface area contributed by atoms with E-state index in [1.807, 2.05) is 6.92 Å². The van der Waals surface area contributed by atoms with Gasteiger partial charge in [-0.3, -0.25) is 9.00 Å². The molecular formula is C16H26N2O3S. The van der Waals surface area contributed by atoms with Crippen molar-refractivity contribution in [3.05, 3.63) is 17.0 Å². The lowest BCUT2D eigenvalue weighted by atomic mass is 9.89. The summed E-state index contributed by atoms with van der Waals surface area (Å²) in [5, 5.41) is 6.32. The maximum Gasteiger partial charge on any atom is 0.235 e. The summed E-state index contributed by atoms with van der Waals surface area (Å²) in [5.74, 6) is 1.47. The number of amides is 1. The van der Waals surface area contributed by atoms with Gasteiger partial charge in [0, 0.05) is 22.9 Å². The Balaban J connectivity index is 1.83. The molecule has 1 heterocycles. The molecule has 6 heteroatoms. The third-order valence-electron chi connectivity index (χ3n) is 4.52. The largest absolute Gasteiger partial charge is 0.361 e. The summed E-state index contributed by atoms with van der Waals surface area (Å²) in [5.41, 5.74) is 1.60. The highest BCUT2D eigenvalue weighted by atomic mass is 32.2. The summed E-state index contributed by atoms with van der Waals surface area (Å²) < 4.78 is 17.5. The normalized spacial score (nSPS) is 18.9. The summed E-state index contributed by atoms with van der Waals surface area (Å²) in [6, 6.07) is 0. The summed E-state index contributed by atoms with van der Waals surface area (Å²) in [6.45, 7) is 6.08. The lowest BCUT2D eigenvalue weighted by Gasteiger charge is -2.22. The quantitative estimate of drug-likeness (QED) is 0.872. The first kappa shape index (κ1) is 17.2. The number of hydrogen-bond donors (Lipinski definition) is 1. The van der Waals surface area contributed by atoms with Gasteiger partial charge in [-0.05, 0) is 39.5 Å². The van der Waals surface area contributed by atoms with Gasteiger partial charge in [-0.15, -0.1) is 0 Å². The molecule has 1 aromatic rings. The molecule has 1 fully saturated rings. The molecule has 1 aromatic heterocycles. The molecule has 0 saturated heterocycles. The second kappa shape index (κ2) is 7.90. The highest BCUT2D eigenvalue weighted by Crippen LogP contribution is 2.23. The fourth-order valence-electron chi connectivity index (χ4n) is 2.87. The molecule has 2 atom stereocenters. The van der Waals surface area contributed by atoms with Crippen molar-refractivity contribution in [3.8, 4) is 0 Å². The van der Waals surface area contributed by atoms with Gasteiger partial charge in [-0.1, -0.05) is 24.4 Å². The molecule has 0 radical (unpaired) electrons. The number of aryl methyl sites for hydroxylation is 2. The van der Waals surface area contributed by atoms with Crippen LogP contribution < -0.4 is 5.32 Å². The minimum atomic E-state index is -1.26. The van der Waals surface area contributed by atoms with Crippen LogP contribution in [0.3, 0.4) is 0 Å². The van der Waals surface area contributed by atoms with Crippen LogP contribution in [-0.4, -0.2) is 27.1 Å². The van der Waals surface area contributed by atoms with Gasteiger partial charge in [0.25, 0.3) is 0 Å². The van der Waals surface area contributed by atoms with Crippen molar-refractivity contribution < 1.29 is 13.5 Å². The van der Waals surface area contributed by atoms with Gasteiger partial charge in [-0.2, -0.15) is 0 Å². The Bertz CT molecular complexity index is 516. The number of carbonyl (C=O) groups is 1. The molecule has 1 aliphatic carbocycles. The van der Waals surface area contributed by atoms with Crippen molar-refractivity contribution in [1.29, 1.82) is 0 Å². The average Bonchev–Trinajstić information content (AvgIpc) is 2.84. The Hall–Kier alpha value is -1.17. The lowest BCUT2D eigenvalue weighted by molar-refractivity contribution is -0.120. The van der Waals surface area contributed by atoms with Crippen LogP contribution in [0.2, 0.25) is 0 Å². The topological polar surface area (TPSA) is 72.2 Å². The van der Waals surface area contributed by atoms with Crippen LogP contribution in [0.4, 0.5) is 0 Å². The first-order valence-corrected chi connectivity index (χ1v) is 9.44. The molecule has 0 bridgehead atoms. The molecule has 0 spiro atoms. The molecule has 0 aliphatic heterocycles. The highest BCUT2D eigenvalue weighted by Gasteiger charge is 2.23. The van der Waals surface area contributed by atoms with E-state index in [2.05, 4.69) is 10.5 Å². The Morgan fingerprint density at radius 1 is 1.36 bits per heavy atom. The first-order chi connectivity index (χ1) is 10.5. The Kier molecular flexibility index (Phi) is 6.17. The fraction of sp³-hybridized carbons (Fsp3) is 0.750. The van der Waals surface area contributed by atoms with E-state index in [0.717, 1.165) is 11.3 Å². The van der Waals surface area contributed by atoms with E-state index in [-0.39, 0.29) is 5.91 Å². The van der Waals surface area contributed by atoms with Gasteiger partial charge in [0.1, 0.15) is 11.0 Å². The molecule has 0 aromatic carbocycles. The zero-order valence-corrected chi connectivity index (χ0v) is 14.5. The van der Waals surface area contributed by atoms with Gasteiger partial charge in [0.05, 0.1) is 11.4 Å². The molecule has 2 rings (SSSR count). The van der Waals surface area contributed by atoms with Crippen LogP contribution >= 0.6 is 0 Å². The Morgan fingerprint density at radius 2 is 2.05 bits per heavy atom. The minimum absolute atomic E-state index is 0.115. The van der Waals surface area contributed by atoms with Gasteiger partial charge in [0.2, 0.25) is 5.91 Å². The number of nitrogens with zero attached hydrogens (tertiary/aromatic N) is 1. The van der Waals surface area contributed by atoms with Crippen LogP contribution in [0, 0.1) is 19.8 Å². The zero-order chi connectivity index (χ0) is 16.1. The predicted octanol–water partition coefficient (Wildman–Crippen LogP) is 2.63. The first-order valence-electron chi connectivity index (χ1n) is 8.05. The van der Waals surface area contributed by atoms with Crippen molar-refractivity contribution in [1.82, 2.24) is 10.5 Å². The monoisotopic (exact) mass is 326 g/mol. The minimum Gasteiger partial charge on any atom is -0.361 e. The van der Waals surface area contributed by atoms with E-state index < -0.39 is 16.0 Å². The third-order valence-corrected chi connectivity index (χ3v) is 6.10. The van der Waals surface area contributed by atoms with E-state index in [1.165, 1.54) is 32.1 Å². The Labute approximate surface area is 134 Å².